The fourth-order valence-corrected chi connectivity index (χ4v) is 3.43. The molecule has 0 radical (unpaired) electrons. The molecule has 1 saturated heterocycles. The van der Waals surface area contributed by atoms with Crippen LogP contribution < -0.4 is 10.1 Å². The van der Waals surface area contributed by atoms with E-state index in [4.69, 9.17) is 9.47 Å². The van der Waals surface area contributed by atoms with Gasteiger partial charge in [-0.05, 0) is 50.3 Å². The van der Waals surface area contributed by atoms with Gasteiger partial charge in [0, 0.05) is 19.1 Å². The predicted octanol–water partition coefficient (Wildman–Crippen LogP) is 2.46. The number of amides is 2. The van der Waals surface area contributed by atoms with E-state index in [1.807, 2.05) is 24.3 Å². The molecule has 1 saturated carbocycles. The first-order valence-corrected chi connectivity index (χ1v) is 8.96. The van der Waals surface area contributed by atoms with E-state index < -0.39 is 0 Å². The number of nitrogens with zero attached hydrogens (tertiary/aromatic N) is 1. The topological polar surface area (TPSA) is 67.9 Å². The fraction of sp³-hybridized carbons (Fsp3) is 0.579. The van der Waals surface area contributed by atoms with E-state index in [-0.39, 0.29) is 23.5 Å². The number of ether oxygens (including phenoxy) is 2. The molecule has 0 spiro atoms. The quantitative estimate of drug-likeness (QED) is 0.889. The fourth-order valence-electron chi connectivity index (χ4n) is 3.43. The molecule has 0 unspecified atom stereocenters. The molecule has 0 aromatic heterocycles. The number of methoxy groups -OCH3 is 1. The minimum atomic E-state index is -0.384. The maximum Gasteiger partial charge on any atom is 0.409 e. The van der Waals surface area contributed by atoms with E-state index in [2.05, 4.69) is 5.32 Å². The van der Waals surface area contributed by atoms with Crippen molar-refractivity contribution in [1.82, 2.24) is 10.2 Å². The van der Waals surface area contributed by atoms with E-state index in [0.717, 1.165) is 37.0 Å². The lowest BCUT2D eigenvalue weighted by Gasteiger charge is -2.32. The lowest BCUT2D eigenvalue weighted by atomic mass is 9.93. The standard InChI is InChI=1S/C19H26N2O4/c1-3-25-18(23)21-12-8-15(9-13-21)20-17(22)19(10-11-19)14-4-6-16(24-2)7-5-14/h4-7,15H,3,8-13H2,1-2H3,(H,20,22). The van der Waals surface area contributed by atoms with Crippen LogP contribution in [0.15, 0.2) is 24.3 Å². The molecule has 6 heteroatoms. The van der Waals surface area contributed by atoms with Crippen LogP contribution >= 0.6 is 0 Å². The van der Waals surface area contributed by atoms with Crippen LogP contribution in [0.4, 0.5) is 4.79 Å². The van der Waals surface area contributed by atoms with E-state index in [1.54, 1.807) is 18.9 Å². The van der Waals surface area contributed by atoms with Crippen LogP contribution in [-0.2, 0) is 14.9 Å². The first-order chi connectivity index (χ1) is 12.1. The summed E-state index contributed by atoms with van der Waals surface area (Å²) in [7, 11) is 1.64. The Bertz CT molecular complexity index is 617. The van der Waals surface area contributed by atoms with E-state index in [0.29, 0.717) is 19.7 Å². The van der Waals surface area contributed by atoms with Gasteiger partial charge in [0.15, 0.2) is 0 Å². The van der Waals surface area contributed by atoms with Crippen LogP contribution in [0, 0.1) is 0 Å². The number of hydrogen-bond acceptors (Lipinski definition) is 4. The molecular formula is C19H26N2O4. The second kappa shape index (κ2) is 7.33. The third-order valence-electron chi connectivity index (χ3n) is 5.18. The first kappa shape index (κ1) is 17.6. The van der Waals surface area contributed by atoms with Crippen molar-refractivity contribution in [2.75, 3.05) is 26.8 Å². The normalized spacial score (nSPS) is 19.2. The zero-order chi connectivity index (χ0) is 17.9. The molecule has 1 aliphatic carbocycles. The Labute approximate surface area is 148 Å². The first-order valence-electron chi connectivity index (χ1n) is 8.96. The van der Waals surface area contributed by atoms with Crippen molar-refractivity contribution in [3.63, 3.8) is 0 Å². The summed E-state index contributed by atoms with van der Waals surface area (Å²) in [6.07, 6.45) is 3.04. The van der Waals surface area contributed by atoms with Crippen LogP contribution in [0.5, 0.6) is 5.75 Å². The Morgan fingerprint density at radius 3 is 2.36 bits per heavy atom. The second-order valence-electron chi connectivity index (χ2n) is 6.74. The number of carbonyl (C=O) groups is 2. The van der Waals surface area contributed by atoms with Gasteiger partial charge in [0.1, 0.15) is 5.75 Å². The number of hydrogen-bond donors (Lipinski definition) is 1. The molecule has 3 rings (SSSR count). The molecule has 6 nitrogen and oxygen atoms in total. The van der Waals surface area contributed by atoms with Crippen molar-refractivity contribution in [1.29, 1.82) is 0 Å². The van der Waals surface area contributed by atoms with Crippen molar-refractivity contribution in [3.8, 4) is 5.75 Å². The van der Waals surface area contributed by atoms with E-state index in [9.17, 15) is 9.59 Å². The van der Waals surface area contributed by atoms with E-state index in [1.165, 1.54) is 0 Å². The smallest absolute Gasteiger partial charge is 0.409 e. The molecule has 0 bridgehead atoms. The summed E-state index contributed by atoms with van der Waals surface area (Å²) < 4.78 is 10.2. The summed E-state index contributed by atoms with van der Waals surface area (Å²) in [5, 5.41) is 3.19. The van der Waals surface area contributed by atoms with Crippen LogP contribution in [0.3, 0.4) is 0 Å². The van der Waals surface area contributed by atoms with Gasteiger partial charge >= 0.3 is 6.09 Å². The summed E-state index contributed by atoms with van der Waals surface area (Å²) >= 11 is 0. The Hall–Kier alpha value is -2.24. The molecule has 2 fully saturated rings. The average Bonchev–Trinajstić information content (AvgIpc) is 3.44. The van der Waals surface area contributed by atoms with Gasteiger partial charge in [-0.1, -0.05) is 12.1 Å². The van der Waals surface area contributed by atoms with Gasteiger partial charge in [0.05, 0.1) is 19.1 Å². The molecule has 1 aromatic rings. The molecule has 1 heterocycles. The number of likely N-dealkylation sites (tertiary alicyclic amines) is 1. The molecule has 2 aliphatic rings. The number of carbonyl (C=O) groups excluding carboxylic acids is 2. The van der Waals surface area contributed by atoms with Crippen LogP contribution in [0.2, 0.25) is 0 Å². The third kappa shape index (κ3) is 3.72. The minimum absolute atomic E-state index is 0.104. The SMILES string of the molecule is CCOC(=O)N1CCC(NC(=O)C2(c3ccc(OC)cc3)CC2)CC1. The highest BCUT2D eigenvalue weighted by molar-refractivity contribution is 5.91. The highest BCUT2D eigenvalue weighted by Gasteiger charge is 2.51. The van der Waals surface area contributed by atoms with Gasteiger partial charge < -0.3 is 19.7 Å². The third-order valence-corrected chi connectivity index (χ3v) is 5.18. The van der Waals surface area contributed by atoms with Crippen molar-refractivity contribution >= 4 is 12.0 Å². The Morgan fingerprint density at radius 1 is 1.20 bits per heavy atom. The summed E-state index contributed by atoms with van der Waals surface area (Å²) in [6, 6.07) is 7.89. The number of benzene rings is 1. The summed E-state index contributed by atoms with van der Waals surface area (Å²) in [5.41, 5.74) is 0.666. The number of piperidine rings is 1. The maximum absolute atomic E-state index is 12.8. The minimum Gasteiger partial charge on any atom is -0.497 e. The van der Waals surface area contributed by atoms with Gasteiger partial charge in [0.2, 0.25) is 5.91 Å². The Kier molecular flexibility index (Phi) is 5.16. The molecule has 2 amide bonds. The second-order valence-corrected chi connectivity index (χ2v) is 6.74. The van der Waals surface area contributed by atoms with Crippen molar-refractivity contribution in [2.24, 2.45) is 0 Å². The number of rotatable bonds is 5. The number of nitrogens with one attached hydrogen (secondary N) is 1. The summed E-state index contributed by atoms with van der Waals surface area (Å²) in [5.74, 6) is 0.901. The summed E-state index contributed by atoms with van der Waals surface area (Å²) in [6.45, 7) is 3.44. The van der Waals surface area contributed by atoms with Gasteiger partial charge in [-0.3, -0.25) is 4.79 Å². The van der Waals surface area contributed by atoms with Crippen LogP contribution in [-0.4, -0.2) is 49.7 Å². The molecular weight excluding hydrogens is 320 g/mol. The maximum atomic E-state index is 12.8. The molecule has 136 valence electrons. The Balaban J connectivity index is 1.55. The zero-order valence-corrected chi connectivity index (χ0v) is 14.9. The highest BCUT2D eigenvalue weighted by Crippen LogP contribution is 2.48. The van der Waals surface area contributed by atoms with Gasteiger partial charge in [-0.15, -0.1) is 0 Å². The molecule has 1 aliphatic heterocycles. The monoisotopic (exact) mass is 346 g/mol. The van der Waals surface area contributed by atoms with Gasteiger partial charge in [-0.25, -0.2) is 4.79 Å². The van der Waals surface area contributed by atoms with E-state index >= 15 is 0 Å². The van der Waals surface area contributed by atoms with Crippen LogP contribution in [0.25, 0.3) is 0 Å². The van der Waals surface area contributed by atoms with Crippen LogP contribution in [0.1, 0.15) is 38.2 Å². The molecule has 1 N–H and O–H groups in total. The lowest BCUT2D eigenvalue weighted by Crippen LogP contribution is -2.49. The Morgan fingerprint density at radius 2 is 1.84 bits per heavy atom. The van der Waals surface area contributed by atoms with Crippen molar-refractivity contribution < 1.29 is 19.1 Å². The van der Waals surface area contributed by atoms with Gasteiger partial charge in [0.25, 0.3) is 0 Å². The molecule has 1 aromatic carbocycles. The van der Waals surface area contributed by atoms with Crippen molar-refractivity contribution in [3.05, 3.63) is 29.8 Å². The highest BCUT2D eigenvalue weighted by atomic mass is 16.6. The predicted molar refractivity (Wildman–Crippen MR) is 93.7 cm³/mol. The average molecular weight is 346 g/mol. The van der Waals surface area contributed by atoms with Gasteiger partial charge in [-0.2, -0.15) is 0 Å². The molecule has 0 atom stereocenters. The lowest BCUT2D eigenvalue weighted by molar-refractivity contribution is -0.124. The summed E-state index contributed by atoms with van der Waals surface area (Å²) in [4.78, 5) is 26.3. The van der Waals surface area contributed by atoms with Crippen molar-refractivity contribution in [2.45, 2.75) is 44.1 Å². The molecule has 25 heavy (non-hydrogen) atoms. The largest absolute Gasteiger partial charge is 0.497 e. The zero-order valence-electron chi connectivity index (χ0n) is 14.9.